The van der Waals surface area contributed by atoms with Crippen molar-refractivity contribution in [2.45, 2.75) is 38.8 Å². The van der Waals surface area contributed by atoms with Crippen molar-refractivity contribution in [2.24, 2.45) is 0 Å². The lowest BCUT2D eigenvalue weighted by Crippen LogP contribution is -2.52. The van der Waals surface area contributed by atoms with Gasteiger partial charge in [0, 0.05) is 38.8 Å². The van der Waals surface area contributed by atoms with Gasteiger partial charge in [0.25, 0.3) is 0 Å². The summed E-state index contributed by atoms with van der Waals surface area (Å²) >= 11 is 0. The molecular weight excluding hydrogens is 232 g/mol. The molecule has 1 aliphatic rings. The number of methoxy groups -OCH3 is 1. The molecule has 0 amide bonds. The third kappa shape index (κ3) is 5.33. The van der Waals surface area contributed by atoms with Crippen molar-refractivity contribution in [1.29, 1.82) is 0 Å². The van der Waals surface area contributed by atoms with Gasteiger partial charge in [-0.2, -0.15) is 0 Å². The Hall–Kier alpha value is -0.650. The van der Waals surface area contributed by atoms with Crippen LogP contribution in [0.5, 0.6) is 0 Å². The summed E-state index contributed by atoms with van der Waals surface area (Å²) in [6.45, 7) is 10.2. The van der Waals surface area contributed by atoms with Crippen LogP contribution in [0.25, 0.3) is 0 Å². The summed E-state index contributed by atoms with van der Waals surface area (Å²) in [7, 11) is 1.43. The number of rotatable bonds is 5. The van der Waals surface area contributed by atoms with Crippen LogP contribution in [0.4, 0.5) is 0 Å². The predicted molar refractivity (Wildman–Crippen MR) is 70.4 cm³/mol. The molecule has 0 aromatic heterocycles. The smallest absolute Gasteiger partial charge is 0.307 e. The highest BCUT2D eigenvalue weighted by atomic mass is 16.5. The van der Waals surface area contributed by atoms with Crippen molar-refractivity contribution in [3.63, 3.8) is 0 Å². The van der Waals surface area contributed by atoms with Crippen LogP contribution in [0.15, 0.2) is 0 Å². The minimum absolute atomic E-state index is 0.151. The lowest BCUT2D eigenvalue weighted by molar-refractivity contribution is -0.142. The van der Waals surface area contributed by atoms with Crippen LogP contribution >= 0.6 is 0 Å². The Morgan fingerprint density at radius 3 is 2.33 bits per heavy atom. The van der Waals surface area contributed by atoms with Gasteiger partial charge in [0.05, 0.1) is 19.1 Å². The van der Waals surface area contributed by atoms with Gasteiger partial charge in [-0.25, -0.2) is 0 Å². The van der Waals surface area contributed by atoms with E-state index < -0.39 is 5.60 Å². The molecule has 18 heavy (non-hydrogen) atoms. The van der Waals surface area contributed by atoms with E-state index >= 15 is 0 Å². The first kappa shape index (κ1) is 15.4. The van der Waals surface area contributed by atoms with E-state index in [1.165, 1.54) is 7.11 Å². The standard InChI is InChI=1S/C13H26N2O3/c1-11(9-12(16)18-4)15-7-5-14(6-8-15)10-13(2,3)17/h11,17H,5-10H2,1-4H3. The van der Waals surface area contributed by atoms with E-state index in [1.54, 1.807) is 0 Å². The molecular formula is C13H26N2O3. The third-order valence-electron chi connectivity index (χ3n) is 3.33. The molecule has 0 bridgehead atoms. The van der Waals surface area contributed by atoms with Crippen molar-refractivity contribution in [3.8, 4) is 0 Å². The normalized spacial score (nSPS) is 20.7. The number of β-amino-alcohol motifs (C(OH)–C–C–N with tert-alkyl or cyclic N) is 1. The van der Waals surface area contributed by atoms with Crippen molar-refractivity contribution >= 4 is 5.97 Å². The van der Waals surface area contributed by atoms with Crippen LogP contribution in [-0.4, -0.2) is 72.4 Å². The number of carbonyl (C=O) groups is 1. The largest absolute Gasteiger partial charge is 0.469 e. The van der Waals surface area contributed by atoms with E-state index in [0.29, 0.717) is 13.0 Å². The van der Waals surface area contributed by atoms with Crippen molar-refractivity contribution < 1.29 is 14.6 Å². The number of carbonyl (C=O) groups excluding carboxylic acids is 1. The molecule has 1 unspecified atom stereocenters. The molecule has 1 saturated heterocycles. The molecule has 1 fully saturated rings. The number of piperazine rings is 1. The molecule has 1 heterocycles. The molecule has 5 nitrogen and oxygen atoms in total. The molecule has 0 aromatic carbocycles. The van der Waals surface area contributed by atoms with Gasteiger partial charge in [-0.15, -0.1) is 0 Å². The number of hydrogen-bond acceptors (Lipinski definition) is 5. The maximum absolute atomic E-state index is 11.2. The molecule has 0 aromatic rings. The van der Waals surface area contributed by atoms with Crippen molar-refractivity contribution in [1.82, 2.24) is 9.80 Å². The fourth-order valence-corrected chi connectivity index (χ4v) is 2.36. The number of nitrogens with zero attached hydrogens (tertiary/aromatic N) is 2. The lowest BCUT2D eigenvalue weighted by Gasteiger charge is -2.39. The molecule has 1 rings (SSSR count). The quantitative estimate of drug-likeness (QED) is 0.720. The van der Waals surface area contributed by atoms with Crippen LogP contribution in [-0.2, 0) is 9.53 Å². The van der Waals surface area contributed by atoms with Crippen LogP contribution in [0.2, 0.25) is 0 Å². The van der Waals surface area contributed by atoms with Crippen molar-refractivity contribution in [2.75, 3.05) is 39.8 Å². The Morgan fingerprint density at radius 2 is 1.89 bits per heavy atom. The lowest BCUT2D eigenvalue weighted by atomic mass is 10.1. The maximum Gasteiger partial charge on any atom is 0.307 e. The molecule has 0 spiro atoms. The average molecular weight is 258 g/mol. The summed E-state index contributed by atoms with van der Waals surface area (Å²) in [5, 5.41) is 9.78. The van der Waals surface area contributed by atoms with Gasteiger partial charge in [-0.1, -0.05) is 0 Å². The van der Waals surface area contributed by atoms with Crippen molar-refractivity contribution in [3.05, 3.63) is 0 Å². The average Bonchev–Trinajstić information content (AvgIpc) is 2.27. The highest BCUT2D eigenvalue weighted by Crippen LogP contribution is 2.12. The molecule has 0 aliphatic carbocycles. The van der Waals surface area contributed by atoms with E-state index in [-0.39, 0.29) is 12.0 Å². The molecule has 5 heteroatoms. The SMILES string of the molecule is COC(=O)CC(C)N1CCN(CC(C)(C)O)CC1. The van der Waals surface area contributed by atoms with E-state index in [4.69, 9.17) is 0 Å². The molecule has 1 aliphatic heterocycles. The second kappa shape index (κ2) is 6.50. The van der Waals surface area contributed by atoms with Gasteiger partial charge < -0.3 is 9.84 Å². The Labute approximate surface area is 110 Å². The van der Waals surface area contributed by atoms with Gasteiger partial charge in [0.15, 0.2) is 0 Å². The highest BCUT2D eigenvalue weighted by molar-refractivity contribution is 5.69. The molecule has 1 atom stereocenters. The zero-order valence-electron chi connectivity index (χ0n) is 12.0. The fourth-order valence-electron chi connectivity index (χ4n) is 2.36. The van der Waals surface area contributed by atoms with E-state index in [0.717, 1.165) is 26.2 Å². The van der Waals surface area contributed by atoms with Gasteiger partial charge in [0.2, 0.25) is 0 Å². The van der Waals surface area contributed by atoms with E-state index in [9.17, 15) is 9.90 Å². The molecule has 0 saturated carbocycles. The fraction of sp³-hybridized carbons (Fsp3) is 0.923. The summed E-state index contributed by atoms with van der Waals surface area (Å²) in [6.07, 6.45) is 0.446. The molecule has 1 N–H and O–H groups in total. The summed E-state index contributed by atoms with van der Waals surface area (Å²) < 4.78 is 4.69. The summed E-state index contributed by atoms with van der Waals surface area (Å²) in [5.74, 6) is -0.151. The first-order valence-corrected chi connectivity index (χ1v) is 6.57. The summed E-state index contributed by atoms with van der Waals surface area (Å²) in [5.41, 5.74) is -0.639. The molecule has 0 radical (unpaired) electrons. The Balaban J connectivity index is 2.32. The third-order valence-corrected chi connectivity index (χ3v) is 3.33. The number of ether oxygens (including phenoxy) is 1. The summed E-state index contributed by atoms with van der Waals surface area (Å²) in [6, 6.07) is 0.224. The minimum atomic E-state index is -0.639. The van der Waals surface area contributed by atoms with E-state index in [2.05, 4.69) is 21.5 Å². The van der Waals surface area contributed by atoms with Crippen LogP contribution < -0.4 is 0 Å². The summed E-state index contributed by atoms with van der Waals surface area (Å²) in [4.78, 5) is 15.8. The first-order valence-electron chi connectivity index (χ1n) is 6.57. The molecule has 106 valence electrons. The zero-order chi connectivity index (χ0) is 13.8. The van der Waals surface area contributed by atoms with Crippen LogP contribution in [0.1, 0.15) is 27.2 Å². The first-order chi connectivity index (χ1) is 8.31. The van der Waals surface area contributed by atoms with Crippen LogP contribution in [0, 0.1) is 0 Å². The zero-order valence-corrected chi connectivity index (χ0v) is 12.0. The maximum atomic E-state index is 11.2. The van der Waals surface area contributed by atoms with Gasteiger partial charge in [-0.05, 0) is 20.8 Å². The van der Waals surface area contributed by atoms with Gasteiger partial charge in [0.1, 0.15) is 0 Å². The van der Waals surface area contributed by atoms with E-state index in [1.807, 2.05) is 13.8 Å². The second-order valence-corrected chi connectivity index (χ2v) is 5.75. The van der Waals surface area contributed by atoms with Gasteiger partial charge >= 0.3 is 5.97 Å². The monoisotopic (exact) mass is 258 g/mol. The number of esters is 1. The van der Waals surface area contributed by atoms with Gasteiger partial charge in [-0.3, -0.25) is 14.6 Å². The topological polar surface area (TPSA) is 53.0 Å². The van der Waals surface area contributed by atoms with Crippen LogP contribution in [0.3, 0.4) is 0 Å². The Kier molecular flexibility index (Phi) is 5.56. The number of hydrogen-bond donors (Lipinski definition) is 1. The Morgan fingerprint density at radius 1 is 1.33 bits per heavy atom. The second-order valence-electron chi connectivity index (χ2n) is 5.75. The highest BCUT2D eigenvalue weighted by Gasteiger charge is 2.25. The number of aliphatic hydroxyl groups is 1. The predicted octanol–water partition coefficient (Wildman–Crippen LogP) is 0.327. The minimum Gasteiger partial charge on any atom is -0.469 e. The Bertz CT molecular complexity index is 268.